The van der Waals surface area contributed by atoms with E-state index in [4.69, 9.17) is 9.47 Å². The Morgan fingerprint density at radius 2 is 1.93 bits per heavy atom. The van der Waals surface area contributed by atoms with E-state index in [0.29, 0.717) is 17.1 Å². The molecule has 1 saturated heterocycles. The van der Waals surface area contributed by atoms with Gasteiger partial charge in [0, 0.05) is 38.3 Å². The Morgan fingerprint density at radius 3 is 2.56 bits per heavy atom. The highest BCUT2D eigenvalue weighted by atomic mass is 16.5. The number of nitrogens with one attached hydrogen (secondary N) is 1. The predicted octanol–water partition coefficient (Wildman–Crippen LogP) is 1.20. The highest BCUT2D eigenvalue weighted by molar-refractivity contribution is 5.97. The molecular formula is C19H24N4O4. The van der Waals surface area contributed by atoms with E-state index in [9.17, 15) is 9.59 Å². The highest BCUT2D eigenvalue weighted by Gasteiger charge is 2.23. The molecule has 27 heavy (non-hydrogen) atoms. The topological polar surface area (TPSA) is 85.7 Å². The van der Waals surface area contributed by atoms with Gasteiger partial charge in [0.1, 0.15) is 11.5 Å². The molecule has 0 unspecified atom stereocenters. The van der Waals surface area contributed by atoms with E-state index in [1.54, 1.807) is 44.6 Å². The number of benzene rings is 1. The molecule has 1 fully saturated rings. The zero-order chi connectivity index (χ0) is 19.4. The number of hydrogen-bond acceptors (Lipinski definition) is 6. The lowest BCUT2D eigenvalue weighted by molar-refractivity contribution is 0.0928. The Morgan fingerprint density at radius 1 is 1.19 bits per heavy atom. The molecule has 0 saturated carbocycles. The number of hydrogen-bond donors (Lipinski definition) is 1. The van der Waals surface area contributed by atoms with Crippen molar-refractivity contribution in [2.24, 2.45) is 7.05 Å². The largest absolute Gasteiger partial charge is 0.497 e. The van der Waals surface area contributed by atoms with Crippen LogP contribution in [-0.4, -0.2) is 49.0 Å². The molecule has 0 atom stereocenters. The van der Waals surface area contributed by atoms with Crippen LogP contribution in [0.4, 0.5) is 5.69 Å². The fourth-order valence-corrected chi connectivity index (χ4v) is 3.16. The lowest BCUT2D eigenvalue weighted by Gasteiger charge is -2.33. The second kappa shape index (κ2) is 8.11. The maximum atomic E-state index is 12.6. The molecule has 8 nitrogen and oxygen atoms in total. The van der Waals surface area contributed by atoms with Crippen molar-refractivity contribution in [1.29, 1.82) is 0 Å². The maximum absolute atomic E-state index is 12.6. The zero-order valence-corrected chi connectivity index (χ0v) is 15.8. The quantitative estimate of drug-likeness (QED) is 0.849. The van der Waals surface area contributed by atoms with Gasteiger partial charge >= 0.3 is 0 Å². The SMILES string of the molecule is COc1ccc(C(=O)NC2CCN(c3cnn(C)c(=O)c3)CC2)c(OC)c1. The van der Waals surface area contributed by atoms with Crippen molar-refractivity contribution in [3.63, 3.8) is 0 Å². The van der Waals surface area contributed by atoms with Crippen LogP contribution in [0, 0.1) is 0 Å². The average molecular weight is 372 g/mol. The van der Waals surface area contributed by atoms with E-state index < -0.39 is 0 Å². The molecule has 1 aliphatic heterocycles. The van der Waals surface area contributed by atoms with Crippen molar-refractivity contribution in [3.8, 4) is 11.5 Å². The molecule has 144 valence electrons. The van der Waals surface area contributed by atoms with Gasteiger partial charge in [0.05, 0.1) is 31.7 Å². The molecule has 1 aromatic heterocycles. The Balaban J connectivity index is 1.61. The summed E-state index contributed by atoms with van der Waals surface area (Å²) in [7, 11) is 4.73. The molecule has 0 bridgehead atoms. The van der Waals surface area contributed by atoms with Crippen LogP contribution in [0.1, 0.15) is 23.2 Å². The van der Waals surface area contributed by atoms with E-state index in [1.165, 1.54) is 11.8 Å². The highest BCUT2D eigenvalue weighted by Crippen LogP contribution is 2.25. The fraction of sp³-hybridized carbons (Fsp3) is 0.421. The first kappa shape index (κ1) is 18.8. The molecule has 0 aliphatic carbocycles. The van der Waals surface area contributed by atoms with Crippen molar-refractivity contribution in [2.75, 3.05) is 32.2 Å². The first-order chi connectivity index (χ1) is 13.0. The maximum Gasteiger partial charge on any atom is 0.268 e. The second-order valence-corrected chi connectivity index (χ2v) is 6.48. The minimum Gasteiger partial charge on any atom is -0.497 e. The minimum absolute atomic E-state index is 0.0695. The van der Waals surface area contributed by atoms with Gasteiger partial charge in [-0.1, -0.05) is 0 Å². The minimum atomic E-state index is -0.164. The third-order valence-corrected chi connectivity index (χ3v) is 4.80. The standard InChI is InChI=1S/C19H24N4O4/c1-22-18(24)10-14(12-20-22)23-8-6-13(7-9-23)21-19(25)16-5-4-15(26-2)11-17(16)27-3/h4-5,10-13H,6-9H2,1-3H3,(H,21,25). The van der Waals surface area contributed by atoms with Crippen LogP contribution in [0.3, 0.4) is 0 Å². The van der Waals surface area contributed by atoms with Crippen LogP contribution in [0.15, 0.2) is 35.3 Å². The van der Waals surface area contributed by atoms with Gasteiger partial charge in [-0.15, -0.1) is 0 Å². The van der Waals surface area contributed by atoms with Gasteiger partial charge in [0.15, 0.2) is 0 Å². The number of rotatable bonds is 5. The van der Waals surface area contributed by atoms with Crippen LogP contribution in [0.5, 0.6) is 11.5 Å². The summed E-state index contributed by atoms with van der Waals surface area (Å²) in [5.74, 6) is 0.956. The Hall–Kier alpha value is -3.03. The molecule has 1 aliphatic rings. The zero-order valence-electron chi connectivity index (χ0n) is 15.8. The Labute approximate surface area is 157 Å². The summed E-state index contributed by atoms with van der Waals surface area (Å²) in [6.45, 7) is 1.50. The van der Waals surface area contributed by atoms with E-state index >= 15 is 0 Å². The third-order valence-electron chi connectivity index (χ3n) is 4.80. The predicted molar refractivity (Wildman–Crippen MR) is 102 cm³/mol. The van der Waals surface area contributed by atoms with Crippen molar-refractivity contribution in [2.45, 2.75) is 18.9 Å². The monoisotopic (exact) mass is 372 g/mol. The number of aromatic nitrogens is 2. The van der Waals surface area contributed by atoms with Crippen molar-refractivity contribution < 1.29 is 14.3 Å². The number of anilines is 1. The van der Waals surface area contributed by atoms with E-state index in [0.717, 1.165) is 31.6 Å². The lowest BCUT2D eigenvalue weighted by atomic mass is 10.0. The molecule has 1 amide bonds. The summed E-state index contributed by atoms with van der Waals surface area (Å²) in [6, 6.07) is 6.80. The van der Waals surface area contributed by atoms with Crippen LogP contribution < -0.4 is 25.2 Å². The van der Waals surface area contributed by atoms with Crippen molar-refractivity contribution in [1.82, 2.24) is 15.1 Å². The average Bonchev–Trinajstić information content (AvgIpc) is 2.70. The number of nitrogens with zero attached hydrogens (tertiary/aromatic N) is 3. The molecule has 2 heterocycles. The van der Waals surface area contributed by atoms with Gasteiger partial charge in [-0.25, -0.2) is 4.68 Å². The summed E-state index contributed by atoms with van der Waals surface area (Å²) in [5.41, 5.74) is 1.17. The molecule has 3 rings (SSSR count). The lowest BCUT2D eigenvalue weighted by Crippen LogP contribution is -2.45. The summed E-state index contributed by atoms with van der Waals surface area (Å²) in [6.07, 6.45) is 3.28. The third kappa shape index (κ3) is 4.21. The molecule has 8 heteroatoms. The normalized spacial score (nSPS) is 14.7. The van der Waals surface area contributed by atoms with Gasteiger partial charge < -0.3 is 19.7 Å². The number of methoxy groups -OCH3 is 2. The van der Waals surface area contributed by atoms with E-state index in [2.05, 4.69) is 15.3 Å². The first-order valence-corrected chi connectivity index (χ1v) is 8.83. The van der Waals surface area contributed by atoms with Crippen LogP contribution in [0.25, 0.3) is 0 Å². The van der Waals surface area contributed by atoms with Gasteiger partial charge in [-0.05, 0) is 25.0 Å². The summed E-state index contributed by atoms with van der Waals surface area (Å²) < 4.78 is 11.8. The molecule has 2 aromatic rings. The number of piperidine rings is 1. The van der Waals surface area contributed by atoms with Crippen molar-refractivity contribution in [3.05, 3.63) is 46.4 Å². The molecule has 0 radical (unpaired) electrons. The number of carbonyl (C=O) groups excluding carboxylic acids is 1. The van der Waals surface area contributed by atoms with Crippen LogP contribution in [-0.2, 0) is 7.05 Å². The molecule has 1 aromatic carbocycles. The first-order valence-electron chi connectivity index (χ1n) is 8.83. The summed E-state index contributed by atoms with van der Waals surface area (Å²) in [5, 5.41) is 7.13. The Bertz CT molecular complexity index is 872. The van der Waals surface area contributed by atoms with Gasteiger partial charge in [-0.2, -0.15) is 5.10 Å². The fourth-order valence-electron chi connectivity index (χ4n) is 3.16. The molecule has 0 spiro atoms. The van der Waals surface area contributed by atoms with Gasteiger partial charge in [0.2, 0.25) is 0 Å². The smallest absolute Gasteiger partial charge is 0.268 e. The Kier molecular flexibility index (Phi) is 5.63. The number of amides is 1. The van der Waals surface area contributed by atoms with E-state index in [1.807, 2.05) is 0 Å². The number of aryl methyl sites for hydroxylation is 1. The number of ether oxygens (including phenoxy) is 2. The van der Waals surface area contributed by atoms with Gasteiger partial charge in [-0.3, -0.25) is 9.59 Å². The molecule has 1 N–H and O–H groups in total. The summed E-state index contributed by atoms with van der Waals surface area (Å²) in [4.78, 5) is 26.5. The van der Waals surface area contributed by atoms with Crippen molar-refractivity contribution >= 4 is 11.6 Å². The molecular weight excluding hydrogens is 348 g/mol. The number of carbonyl (C=O) groups is 1. The van der Waals surface area contributed by atoms with Crippen LogP contribution >= 0.6 is 0 Å². The second-order valence-electron chi connectivity index (χ2n) is 6.48. The summed E-state index contributed by atoms with van der Waals surface area (Å²) >= 11 is 0. The van der Waals surface area contributed by atoms with Crippen LogP contribution in [0.2, 0.25) is 0 Å². The van der Waals surface area contributed by atoms with E-state index in [-0.39, 0.29) is 17.5 Å². The van der Waals surface area contributed by atoms with Gasteiger partial charge in [0.25, 0.3) is 11.5 Å².